The molecule has 2 aromatic heterocycles. The third kappa shape index (κ3) is 4.91. The lowest BCUT2D eigenvalue weighted by Crippen LogP contribution is -2.19. The zero-order valence-electron chi connectivity index (χ0n) is 21.0. The highest BCUT2D eigenvalue weighted by molar-refractivity contribution is 5.92. The van der Waals surface area contributed by atoms with Crippen molar-refractivity contribution < 1.29 is 22.0 Å². The van der Waals surface area contributed by atoms with Gasteiger partial charge in [-0.25, -0.2) is 9.37 Å². The Balaban J connectivity index is 1.74. The van der Waals surface area contributed by atoms with Crippen LogP contribution in [0.15, 0.2) is 65.3 Å². The minimum absolute atomic E-state index is 0.00963. The van der Waals surface area contributed by atoms with Crippen LogP contribution in [0.5, 0.6) is 0 Å². The Morgan fingerprint density at radius 3 is 2.45 bits per heavy atom. The second-order valence-corrected chi connectivity index (χ2v) is 9.51. The van der Waals surface area contributed by atoms with E-state index in [0.717, 1.165) is 11.6 Å². The van der Waals surface area contributed by atoms with Crippen LogP contribution in [-0.4, -0.2) is 26.3 Å². The van der Waals surface area contributed by atoms with Crippen molar-refractivity contribution in [3.63, 3.8) is 0 Å². The van der Waals surface area contributed by atoms with E-state index in [0.29, 0.717) is 35.0 Å². The molecule has 38 heavy (non-hydrogen) atoms. The van der Waals surface area contributed by atoms with Crippen LogP contribution in [0.3, 0.4) is 0 Å². The van der Waals surface area contributed by atoms with Gasteiger partial charge in [0.15, 0.2) is 11.4 Å². The van der Waals surface area contributed by atoms with Crippen molar-refractivity contribution >= 4 is 11.1 Å². The number of alkyl halides is 3. The van der Waals surface area contributed by atoms with Gasteiger partial charge in [0.2, 0.25) is 5.89 Å². The first-order valence-electron chi connectivity index (χ1n) is 12.1. The average Bonchev–Trinajstić information content (AvgIpc) is 3.48. The predicted octanol–water partition coefficient (Wildman–Crippen LogP) is 6.86. The molecule has 10 heteroatoms. The van der Waals surface area contributed by atoms with E-state index in [2.05, 4.69) is 20.5 Å². The molecule has 0 amide bonds. The van der Waals surface area contributed by atoms with Crippen molar-refractivity contribution in [3.05, 3.63) is 77.9 Å². The molecule has 0 fully saturated rings. The zero-order chi connectivity index (χ0) is 27.0. The molecule has 5 aromatic rings. The fraction of sp³-hybridized carbons (Fsp3) is 0.250. The maximum atomic E-state index is 15.5. The molecule has 0 saturated carbocycles. The summed E-state index contributed by atoms with van der Waals surface area (Å²) in [5, 5.41) is 11.2. The molecule has 0 bridgehead atoms. The number of oxazole rings is 1. The van der Waals surface area contributed by atoms with E-state index in [1.165, 1.54) is 18.5 Å². The molecule has 5 rings (SSSR count). The quantitative estimate of drug-likeness (QED) is 0.236. The molecule has 0 aliphatic carbocycles. The number of nitrogens with zero attached hydrogens (tertiary/aromatic N) is 4. The van der Waals surface area contributed by atoms with Crippen molar-refractivity contribution in [2.45, 2.75) is 26.6 Å². The van der Waals surface area contributed by atoms with E-state index >= 15 is 4.39 Å². The molecule has 0 spiro atoms. The Morgan fingerprint density at radius 2 is 1.79 bits per heavy atom. The van der Waals surface area contributed by atoms with Crippen molar-refractivity contribution in [2.24, 2.45) is 13.0 Å². The summed E-state index contributed by atoms with van der Waals surface area (Å²) in [5.41, 5.74) is 0.569. The van der Waals surface area contributed by atoms with E-state index < -0.39 is 23.1 Å². The highest BCUT2D eigenvalue weighted by Gasteiger charge is 2.36. The van der Waals surface area contributed by atoms with Gasteiger partial charge in [-0.15, -0.1) is 10.2 Å². The molecular formula is C28H25F4N5O. The third-order valence-corrected chi connectivity index (χ3v) is 6.13. The highest BCUT2D eigenvalue weighted by Crippen LogP contribution is 2.43. The monoisotopic (exact) mass is 523 g/mol. The topological polar surface area (TPSA) is 68.8 Å². The number of hydrogen-bond acceptors (Lipinski definition) is 5. The Kier molecular flexibility index (Phi) is 6.75. The molecule has 2 heterocycles. The normalized spacial score (nSPS) is 12.1. The van der Waals surface area contributed by atoms with Gasteiger partial charge in [0.25, 0.3) is 0 Å². The van der Waals surface area contributed by atoms with E-state index in [1.807, 2.05) is 44.2 Å². The summed E-state index contributed by atoms with van der Waals surface area (Å²) in [6.45, 7) is 4.88. The van der Waals surface area contributed by atoms with Crippen LogP contribution in [0.2, 0.25) is 0 Å². The van der Waals surface area contributed by atoms with Crippen LogP contribution >= 0.6 is 0 Å². The Morgan fingerprint density at radius 1 is 1.03 bits per heavy atom. The Bertz CT molecular complexity index is 1590. The number of fused-ring (bicyclic) bond motifs is 1. The average molecular weight is 524 g/mol. The third-order valence-electron chi connectivity index (χ3n) is 6.13. The van der Waals surface area contributed by atoms with Gasteiger partial charge in [-0.3, -0.25) is 0 Å². The Labute approximate surface area is 216 Å². The molecule has 1 N–H and O–H groups in total. The second kappa shape index (κ2) is 10.0. The first-order valence-corrected chi connectivity index (χ1v) is 12.1. The van der Waals surface area contributed by atoms with E-state index in [4.69, 9.17) is 4.42 Å². The summed E-state index contributed by atoms with van der Waals surface area (Å²) in [4.78, 5) is 4.36. The van der Waals surface area contributed by atoms with Gasteiger partial charge in [-0.1, -0.05) is 50.2 Å². The molecule has 0 aliphatic heterocycles. The van der Waals surface area contributed by atoms with E-state index in [-0.39, 0.29) is 23.5 Å². The number of hydrogen-bond donors (Lipinski definition) is 1. The zero-order valence-corrected chi connectivity index (χ0v) is 21.0. The van der Waals surface area contributed by atoms with Gasteiger partial charge in [0.1, 0.15) is 23.2 Å². The maximum Gasteiger partial charge on any atom is 0.420 e. The standard InChI is InChI=1S/C28H25F4N5O/c1-16(2)13-33-14-17-11-20(28(30,31)32)25-22(12-17)35-27(38-25)24-21(29)10-9-19(18-7-5-4-6-8-18)23(24)26-36-34-15-37(26)3/h4-12,15-16,33H,13-14H2,1-3H3. The molecule has 0 saturated heterocycles. The van der Waals surface area contributed by atoms with Crippen molar-refractivity contribution in [2.75, 3.05) is 6.54 Å². The maximum absolute atomic E-state index is 15.5. The number of nitrogens with one attached hydrogen (secondary N) is 1. The summed E-state index contributed by atoms with van der Waals surface area (Å²) < 4.78 is 65.1. The van der Waals surface area contributed by atoms with Crippen LogP contribution in [0.25, 0.3) is 45.1 Å². The van der Waals surface area contributed by atoms with Crippen LogP contribution in [0, 0.1) is 11.7 Å². The van der Waals surface area contributed by atoms with Gasteiger partial charge in [-0.05, 0) is 47.4 Å². The van der Waals surface area contributed by atoms with Crippen LogP contribution in [0.4, 0.5) is 17.6 Å². The molecule has 196 valence electrons. The van der Waals surface area contributed by atoms with Crippen LogP contribution in [0.1, 0.15) is 25.0 Å². The largest absolute Gasteiger partial charge is 0.435 e. The molecule has 0 atom stereocenters. The van der Waals surface area contributed by atoms with Crippen molar-refractivity contribution in [3.8, 4) is 34.0 Å². The van der Waals surface area contributed by atoms with Gasteiger partial charge in [-0.2, -0.15) is 13.2 Å². The smallest absolute Gasteiger partial charge is 0.420 e. The predicted molar refractivity (Wildman–Crippen MR) is 136 cm³/mol. The molecule has 0 unspecified atom stereocenters. The Hall–Kier alpha value is -4.05. The van der Waals surface area contributed by atoms with Gasteiger partial charge in [0.05, 0.1) is 5.56 Å². The fourth-order valence-corrected chi connectivity index (χ4v) is 4.40. The first kappa shape index (κ1) is 25.6. The van der Waals surface area contributed by atoms with Gasteiger partial charge in [0, 0.05) is 19.2 Å². The summed E-state index contributed by atoms with van der Waals surface area (Å²) in [7, 11) is 1.70. The number of aryl methyl sites for hydroxylation is 1. The summed E-state index contributed by atoms with van der Waals surface area (Å²) >= 11 is 0. The van der Waals surface area contributed by atoms with Crippen molar-refractivity contribution in [1.29, 1.82) is 0 Å². The van der Waals surface area contributed by atoms with Crippen molar-refractivity contribution in [1.82, 2.24) is 25.1 Å². The second-order valence-electron chi connectivity index (χ2n) is 9.51. The lowest BCUT2D eigenvalue weighted by Gasteiger charge is -2.14. The number of rotatable bonds is 7. The van der Waals surface area contributed by atoms with Crippen LogP contribution < -0.4 is 5.32 Å². The number of aromatic nitrogens is 4. The molecule has 6 nitrogen and oxygen atoms in total. The minimum atomic E-state index is -4.69. The summed E-state index contributed by atoms with van der Waals surface area (Å²) in [6.07, 6.45) is -3.23. The fourth-order valence-electron chi connectivity index (χ4n) is 4.40. The SMILES string of the molecule is CC(C)CNCc1cc(C(F)(F)F)c2oc(-c3c(F)ccc(-c4ccccc4)c3-c3nncn3C)nc2c1. The molecule has 0 radical (unpaired) electrons. The van der Waals surface area contributed by atoms with Gasteiger partial charge >= 0.3 is 6.18 Å². The first-order chi connectivity index (χ1) is 18.1. The van der Waals surface area contributed by atoms with E-state index in [9.17, 15) is 13.2 Å². The molecular weight excluding hydrogens is 498 g/mol. The molecule has 3 aromatic carbocycles. The summed E-state index contributed by atoms with van der Waals surface area (Å²) in [5.74, 6) is -0.332. The molecule has 0 aliphatic rings. The highest BCUT2D eigenvalue weighted by atomic mass is 19.4. The van der Waals surface area contributed by atoms with Gasteiger partial charge < -0.3 is 14.3 Å². The van der Waals surface area contributed by atoms with Crippen LogP contribution in [-0.2, 0) is 19.8 Å². The summed E-state index contributed by atoms with van der Waals surface area (Å²) in [6, 6.07) is 14.6. The lowest BCUT2D eigenvalue weighted by molar-refractivity contribution is -0.136. The number of halogens is 4. The van der Waals surface area contributed by atoms with E-state index in [1.54, 1.807) is 17.7 Å². The minimum Gasteiger partial charge on any atom is -0.435 e. The number of benzene rings is 3. The lowest BCUT2D eigenvalue weighted by atomic mass is 9.94.